The second kappa shape index (κ2) is 8.63. The summed E-state index contributed by atoms with van der Waals surface area (Å²) in [5.74, 6) is -0.918. The van der Waals surface area contributed by atoms with Gasteiger partial charge in [-0.3, -0.25) is 10.1 Å². The predicted octanol–water partition coefficient (Wildman–Crippen LogP) is 3.70. The van der Waals surface area contributed by atoms with Gasteiger partial charge in [-0.2, -0.15) is 0 Å². The lowest BCUT2D eigenvalue weighted by atomic mass is 9.76. The summed E-state index contributed by atoms with van der Waals surface area (Å²) in [7, 11) is 1.29. The summed E-state index contributed by atoms with van der Waals surface area (Å²) in [4.78, 5) is 24.8. The van der Waals surface area contributed by atoms with Gasteiger partial charge in [-0.15, -0.1) is 0 Å². The van der Waals surface area contributed by atoms with Gasteiger partial charge in [0.2, 0.25) is 0 Å². The van der Waals surface area contributed by atoms with Gasteiger partial charge in [-0.05, 0) is 23.6 Å². The van der Waals surface area contributed by atoms with Crippen LogP contribution in [0.4, 0.5) is 0 Å². The molecule has 3 aromatic carbocycles. The molecule has 3 rings (SSSR count). The molecule has 0 spiro atoms. The van der Waals surface area contributed by atoms with E-state index < -0.39 is 17.6 Å². The molecular weight excluding hydrogens is 350 g/mol. The highest BCUT2D eigenvalue weighted by Gasteiger charge is 2.41. The van der Waals surface area contributed by atoms with Gasteiger partial charge in [-0.1, -0.05) is 91.0 Å². The molecule has 0 saturated carbocycles. The fourth-order valence-corrected chi connectivity index (χ4v) is 3.48. The maximum absolute atomic E-state index is 12.4. The minimum absolute atomic E-state index is 0.306. The summed E-state index contributed by atoms with van der Waals surface area (Å²) in [6.07, 6.45) is 0. The van der Waals surface area contributed by atoms with Gasteiger partial charge in [0.05, 0.1) is 12.6 Å². The summed E-state index contributed by atoms with van der Waals surface area (Å²) in [6, 6.07) is 28.3. The van der Waals surface area contributed by atoms with Crippen LogP contribution in [-0.4, -0.2) is 24.9 Å². The number of nitrogens with one attached hydrogen (secondary N) is 1. The van der Waals surface area contributed by atoms with Crippen LogP contribution in [0, 0.1) is 0 Å². The molecule has 0 aliphatic carbocycles. The molecule has 0 radical (unpaired) electrons. The van der Waals surface area contributed by atoms with Crippen LogP contribution in [0.1, 0.15) is 23.6 Å². The summed E-state index contributed by atoms with van der Waals surface area (Å²) in [5, 5.41) is 3.34. The van der Waals surface area contributed by atoms with E-state index in [1.54, 1.807) is 0 Å². The van der Waals surface area contributed by atoms with Crippen molar-refractivity contribution in [3.8, 4) is 0 Å². The molecule has 0 aliphatic heterocycles. The van der Waals surface area contributed by atoms with Crippen LogP contribution in [0.15, 0.2) is 91.0 Å². The van der Waals surface area contributed by atoms with E-state index in [9.17, 15) is 9.59 Å². The maximum Gasteiger partial charge on any atom is 0.330 e. The Balaban J connectivity index is 2.31. The fourth-order valence-electron chi connectivity index (χ4n) is 3.48. The van der Waals surface area contributed by atoms with Crippen LogP contribution in [0.3, 0.4) is 0 Å². The predicted molar refractivity (Wildman–Crippen MR) is 109 cm³/mol. The van der Waals surface area contributed by atoms with E-state index in [0.717, 1.165) is 16.7 Å². The monoisotopic (exact) mass is 373 g/mol. The van der Waals surface area contributed by atoms with Crippen LogP contribution in [0.2, 0.25) is 0 Å². The number of ether oxygens (including phenoxy) is 1. The van der Waals surface area contributed by atoms with Crippen molar-refractivity contribution in [2.45, 2.75) is 18.5 Å². The number of methoxy groups -OCH3 is 1. The quantitative estimate of drug-likeness (QED) is 0.390. The average Bonchev–Trinajstić information content (AvgIpc) is 2.76. The van der Waals surface area contributed by atoms with Gasteiger partial charge in [0.15, 0.2) is 11.8 Å². The Morgan fingerprint density at radius 1 is 0.750 bits per heavy atom. The van der Waals surface area contributed by atoms with Crippen molar-refractivity contribution in [1.82, 2.24) is 5.32 Å². The molecule has 0 unspecified atom stereocenters. The van der Waals surface area contributed by atoms with E-state index in [-0.39, 0.29) is 5.78 Å². The molecular formula is C24H23NO3. The Morgan fingerprint density at radius 3 is 1.39 bits per heavy atom. The lowest BCUT2D eigenvalue weighted by Crippen LogP contribution is -2.55. The zero-order valence-corrected chi connectivity index (χ0v) is 16.0. The Labute approximate surface area is 165 Å². The van der Waals surface area contributed by atoms with Crippen molar-refractivity contribution in [1.29, 1.82) is 0 Å². The normalized spacial score (nSPS) is 12.2. The molecule has 0 fully saturated rings. The van der Waals surface area contributed by atoms with Crippen molar-refractivity contribution < 1.29 is 14.3 Å². The van der Waals surface area contributed by atoms with Crippen molar-refractivity contribution in [2.75, 3.05) is 7.11 Å². The first-order chi connectivity index (χ1) is 13.6. The van der Waals surface area contributed by atoms with Gasteiger partial charge in [0.25, 0.3) is 0 Å². The number of benzene rings is 3. The summed E-state index contributed by atoms with van der Waals surface area (Å²) in [6.45, 7) is 1.39. The molecule has 0 aliphatic rings. The van der Waals surface area contributed by atoms with E-state index in [1.165, 1.54) is 14.0 Å². The van der Waals surface area contributed by atoms with Gasteiger partial charge < -0.3 is 4.74 Å². The first kappa shape index (κ1) is 19.5. The van der Waals surface area contributed by atoms with E-state index in [2.05, 4.69) is 5.32 Å². The van der Waals surface area contributed by atoms with Gasteiger partial charge in [0, 0.05) is 0 Å². The highest BCUT2D eigenvalue weighted by atomic mass is 16.5. The van der Waals surface area contributed by atoms with Gasteiger partial charge >= 0.3 is 5.97 Å². The lowest BCUT2D eigenvalue weighted by molar-refractivity contribution is -0.146. The summed E-state index contributed by atoms with van der Waals surface area (Å²) >= 11 is 0. The van der Waals surface area contributed by atoms with Crippen LogP contribution in [-0.2, 0) is 19.9 Å². The zero-order chi connectivity index (χ0) is 20.0. The summed E-state index contributed by atoms with van der Waals surface area (Å²) in [5.41, 5.74) is 1.85. The molecule has 28 heavy (non-hydrogen) atoms. The van der Waals surface area contributed by atoms with Crippen LogP contribution in [0.25, 0.3) is 0 Å². The smallest absolute Gasteiger partial charge is 0.330 e. The highest BCUT2D eigenvalue weighted by Crippen LogP contribution is 2.37. The minimum atomic E-state index is -1.11. The first-order valence-corrected chi connectivity index (χ1v) is 9.12. The number of esters is 1. The maximum atomic E-state index is 12.4. The fraction of sp³-hybridized carbons (Fsp3) is 0.167. The SMILES string of the molecule is COC(=O)[C@@H](NC(c1ccccc1)(c1ccccc1)c1ccccc1)C(C)=O. The van der Waals surface area contributed by atoms with Gasteiger partial charge in [-0.25, -0.2) is 4.79 Å². The molecule has 1 N–H and O–H groups in total. The Morgan fingerprint density at radius 2 is 1.11 bits per heavy atom. The summed E-state index contributed by atoms with van der Waals surface area (Å²) < 4.78 is 4.90. The molecule has 0 aromatic heterocycles. The number of carbonyl (C=O) groups is 2. The zero-order valence-electron chi connectivity index (χ0n) is 16.0. The number of hydrogen-bond acceptors (Lipinski definition) is 4. The van der Waals surface area contributed by atoms with Crippen LogP contribution >= 0.6 is 0 Å². The molecule has 1 atom stereocenters. The third kappa shape index (κ3) is 3.73. The topological polar surface area (TPSA) is 55.4 Å². The number of rotatable bonds is 7. The van der Waals surface area contributed by atoms with Crippen LogP contribution < -0.4 is 5.32 Å². The van der Waals surface area contributed by atoms with E-state index in [0.29, 0.717) is 0 Å². The molecule has 0 bridgehead atoms. The second-order valence-corrected chi connectivity index (χ2v) is 6.56. The Hall–Kier alpha value is -3.24. The minimum Gasteiger partial charge on any atom is -0.468 e. The highest BCUT2D eigenvalue weighted by molar-refractivity contribution is 6.02. The molecule has 142 valence electrons. The molecule has 0 heterocycles. The van der Waals surface area contributed by atoms with E-state index in [1.807, 2.05) is 91.0 Å². The van der Waals surface area contributed by atoms with E-state index in [4.69, 9.17) is 4.74 Å². The van der Waals surface area contributed by atoms with Crippen molar-refractivity contribution in [3.05, 3.63) is 108 Å². The number of ketones is 1. The third-order valence-electron chi connectivity index (χ3n) is 4.82. The van der Waals surface area contributed by atoms with Crippen LogP contribution in [0.5, 0.6) is 0 Å². The molecule has 4 nitrogen and oxygen atoms in total. The van der Waals surface area contributed by atoms with Crippen molar-refractivity contribution in [3.63, 3.8) is 0 Å². The Bertz CT molecular complexity index is 827. The second-order valence-electron chi connectivity index (χ2n) is 6.56. The standard InChI is InChI=1S/C24H23NO3/c1-18(26)22(23(27)28-2)25-24(19-12-6-3-7-13-19,20-14-8-4-9-15-20)21-16-10-5-11-17-21/h3-17,22,25H,1-2H3/t22-/m0/s1. The number of Topliss-reactive ketones (excluding diaryl/α,β-unsaturated/α-hetero) is 1. The Kier molecular flexibility index (Phi) is 6.02. The third-order valence-corrected chi connectivity index (χ3v) is 4.82. The van der Waals surface area contributed by atoms with Crippen molar-refractivity contribution in [2.24, 2.45) is 0 Å². The van der Waals surface area contributed by atoms with E-state index >= 15 is 0 Å². The van der Waals surface area contributed by atoms with Crippen molar-refractivity contribution >= 4 is 11.8 Å². The van der Waals surface area contributed by atoms with Gasteiger partial charge in [0.1, 0.15) is 0 Å². The molecule has 0 amide bonds. The first-order valence-electron chi connectivity index (χ1n) is 9.12. The largest absolute Gasteiger partial charge is 0.468 e. The molecule has 0 saturated heterocycles. The molecule has 4 heteroatoms. The lowest BCUT2D eigenvalue weighted by Gasteiger charge is -2.39. The number of hydrogen-bond donors (Lipinski definition) is 1. The molecule has 3 aromatic rings. The number of carbonyl (C=O) groups excluding carboxylic acids is 2. The average molecular weight is 373 g/mol.